The summed E-state index contributed by atoms with van der Waals surface area (Å²) in [5.41, 5.74) is 1.18. The van der Waals surface area contributed by atoms with Crippen LogP contribution < -0.4 is 5.56 Å². The smallest absolute Gasteiger partial charge is 0.269 e. The van der Waals surface area contributed by atoms with Gasteiger partial charge in [-0.1, -0.05) is 18.2 Å². The number of rotatable bonds is 3. The van der Waals surface area contributed by atoms with Crippen molar-refractivity contribution >= 4 is 28.3 Å². The van der Waals surface area contributed by atoms with Gasteiger partial charge in [0.15, 0.2) is 0 Å². The Kier molecular flexibility index (Phi) is 3.90. The lowest BCUT2D eigenvalue weighted by atomic mass is 10.2. The average Bonchev–Trinajstić information content (AvgIpc) is 3.28. The number of carbonyl (C=O) groups excluding carboxylic acids is 1. The van der Waals surface area contributed by atoms with Gasteiger partial charge in [-0.15, -0.1) is 11.3 Å². The molecule has 122 valence electrons. The number of amides is 1. The number of nitrogens with zero attached hydrogens (tertiary/aromatic N) is 3. The summed E-state index contributed by atoms with van der Waals surface area (Å²) in [7, 11) is 0. The molecule has 24 heavy (non-hydrogen) atoms. The highest BCUT2D eigenvalue weighted by Crippen LogP contribution is 2.34. The van der Waals surface area contributed by atoms with Gasteiger partial charge in [0.25, 0.3) is 5.56 Å². The highest BCUT2D eigenvalue weighted by Gasteiger charge is 2.30. The summed E-state index contributed by atoms with van der Waals surface area (Å²) in [4.78, 5) is 32.4. The van der Waals surface area contributed by atoms with Crippen LogP contribution in [0.2, 0.25) is 0 Å². The molecule has 1 aliphatic heterocycles. The third kappa shape index (κ3) is 2.63. The van der Waals surface area contributed by atoms with Gasteiger partial charge in [-0.25, -0.2) is 4.98 Å². The summed E-state index contributed by atoms with van der Waals surface area (Å²) in [6, 6.07) is 11.6. The SMILES string of the molecule is O=C(Cn1c(=O)cnc2ccccc21)N1CCC[C@@H]1c1cccs1. The van der Waals surface area contributed by atoms with Crippen LogP contribution >= 0.6 is 11.3 Å². The lowest BCUT2D eigenvalue weighted by Crippen LogP contribution is -2.36. The number of fused-ring (bicyclic) bond motifs is 1. The van der Waals surface area contributed by atoms with Gasteiger partial charge >= 0.3 is 0 Å². The minimum atomic E-state index is -0.242. The van der Waals surface area contributed by atoms with Crippen molar-refractivity contribution < 1.29 is 4.79 Å². The Hall–Kier alpha value is -2.47. The molecule has 0 N–H and O–H groups in total. The van der Waals surface area contributed by atoms with Crippen molar-refractivity contribution in [3.05, 3.63) is 63.2 Å². The third-order valence-corrected chi connectivity index (χ3v) is 5.46. The van der Waals surface area contributed by atoms with E-state index < -0.39 is 0 Å². The lowest BCUT2D eigenvalue weighted by molar-refractivity contribution is -0.132. The fourth-order valence-electron chi connectivity index (χ4n) is 3.35. The number of aromatic nitrogens is 2. The molecular weight excluding hydrogens is 322 g/mol. The second-order valence-electron chi connectivity index (χ2n) is 5.93. The second kappa shape index (κ2) is 6.20. The highest BCUT2D eigenvalue weighted by atomic mass is 32.1. The van der Waals surface area contributed by atoms with Crippen molar-refractivity contribution in [2.75, 3.05) is 6.54 Å². The number of benzene rings is 1. The van der Waals surface area contributed by atoms with Gasteiger partial charge in [0.1, 0.15) is 6.54 Å². The van der Waals surface area contributed by atoms with Gasteiger partial charge in [-0.2, -0.15) is 0 Å². The predicted molar refractivity (Wildman–Crippen MR) is 94.0 cm³/mol. The maximum absolute atomic E-state index is 12.9. The largest absolute Gasteiger partial charge is 0.333 e. The van der Waals surface area contributed by atoms with E-state index in [0.717, 1.165) is 24.9 Å². The van der Waals surface area contributed by atoms with E-state index in [1.807, 2.05) is 40.6 Å². The molecule has 2 aromatic heterocycles. The quantitative estimate of drug-likeness (QED) is 0.737. The molecule has 3 heterocycles. The number of likely N-dealkylation sites (tertiary alicyclic amines) is 1. The Morgan fingerprint density at radius 1 is 1.25 bits per heavy atom. The monoisotopic (exact) mass is 339 g/mol. The van der Waals surface area contributed by atoms with Crippen LogP contribution in [0.5, 0.6) is 0 Å². The van der Waals surface area contributed by atoms with Crippen LogP contribution in [-0.4, -0.2) is 26.9 Å². The normalized spacial score (nSPS) is 17.5. The minimum Gasteiger partial charge on any atom is -0.333 e. The molecule has 1 fully saturated rings. The van der Waals surface area contributed by atoms with E-state index in [-0.39, 0.29) is 24.1 Å². The molecule has 0 spiro atoms. The molecule has 1 aromatic carbocycles. The van der Waals surface area contributed by atoms with Gasteiger partial charge in [-0.3, -0.25) is 14.2 Å². The highest BCUT2D eigenvalue weighted by molar-refractivity contribution is 7.10. The molecule has 6 heteroatoms. The van der Waals surface area contributed by atoms with Crippen LogP contribution in [0.4, 0.5) is 0 Å². The average molecular weight is 339 g/mol. The Bertz CT molecular complexity index is 933. The lowest BCUT2D eigenvalue weighted by Gasteiger charge is -2.24. The number of para-hydroxylation sites is 2. The number of hydrogen-bond donors (Lipinski definition) is 0. The fraction of sp³-hybridized carbons (Fsp3) is 0.278. The molecule has 1 aliphatic rings. The summed E-state index contributed by atoms with van der Waals surface area (Å²) in [6.07, 6.45) is 3.27. The molecular formula is C18H17N3O2S. The van der Waals surface area contributed by atoms with Gasteiger partial charge in [0.05, 0.1) is 23.3 Å². The molecule has 0 aliphatic carbocycles. The van der Waals surface area contributed by atoms with E-state index in [1.54, 1.807) is 11.3 Å². The number of hydrogen-bond acceptors (Lipinski definition) is 4. The first-order valence-corrected chi connectivity index (χ1v) is 8.89. The molecule has 0 bridgehead atoms. The van der Waals surface area contributed by atoms with Crippen molar-refractivity contribution in [2.24, 2.45) is 0 Å². The Labute approximate surface area is 143 Å². The molecule has 0 saturated carbocycles. The third-order valence-electron chi connectivity index (χ3n) is 4.49. The summed E-state index contributed by atoms with van der Waals surface area (Å²) in [6.45, 7) is 0.808. The van der Waals surface area contributed by atoms with E-state index in [1.165, 1.54) is 15.6 Å². The first-order chi connectivity index (χ1) is 11.7. The fourth-order valence-corrected chi connectivity index (χ4v) is 4.22. The van der Waals surface area contributed by atoms with Crippen LogP contribution in [0, 0.1) is 0 Å². The van der Waals surface area contributed by atoms with Crippen LogP contribution in [0.15, 0.2) is 52.8 Å². The first kappa shape index (κ1) is 15.1. The minimum absolute atomic E-state index is 0.00986. The topological polar surface area (TPSA) is 55.2 Å². The van der Waals surface area contributed by atoms with Gasteiger partial charge in [0, 0.05) is 11.4 Å². The molecule has 3 aromatic rings. The van der Waals surface area contributed by atoms with Gasteiger partial charge in [-0.05, 0) is 36.4 Å². The molecule has 1 saturated heterocycles. The zero-order valence-electron chi connectivity index (χ0n) is 13.1. The zero-order chi connectivity index (χ0) is 16.5. The Morgan fingerprint density at radius 2 is 2.12 bits per heavy atom. The van der Waals surface area contributed by atoms with Crippen molar-refractivity contribution in [3.8, 4) is 0 Å². The maximum Gasteiger partial charge on any atom is 0.269 e. The first-order valence-electron chi connectivity index (χ1n) is 8.01. The van der Waals surface area contributed by atoms with Gasteiger partial charge < -0.3 is 4.90 Å². The molecule has 1 atom stereocenters. The van der Waals surface area contributed by atoms with Crippen LogP contribution in [-0.2, 0) is 11.3 Å². The van der Waals surface area contributed by atoms with Crippen LogP contribution in [0.25, 0.3) is 11.0 Å². The summed E-state index contributed by atoms with van der Waals surface area (Å²) < 4.78 is 1.52. The maximum atomic E-state index is 12.9. The molecule has 4 rings (SSSR count). The van der Waals surface area contributed by atoms with Gasteiger partial charge in [0.2, 0.25) is 5.91 Å². The van der Waals surface area contributed by atoms with Crippen molar-refractivity contribution in [1.29, 1.82) is 0 Å². The molecule has 0 unspecified atom stereocenters. The summed E-state index contributed by atoms with van der Waals surface area (Å²) in [5, 5.41) is 2.04. The van der Waals surface area contributed by atoms with E-state index in [0.29, 0.717) is 5.52 Å². The second-order valence-corrected chi connectivity index (χ2v) is 6.91. The molecule has 1 amide bonds. The van der Waals surface area contributed by atoms with E-state index >= 15 is 0 Å². The van der Waals surface area contributed by atoms with Crippen LogP contribution in [0.3, 0.4) is 0 Å². The summed E-state index contributed by atoms with van der Waals surface area (Å²) in [5.74, 6) is -0.00986. The van der Waals surface area contributed by atoms with Crippen molar-refractivity contribution in [2.45, 2.75) is 25.4 Å². The number of thiophene rings is 1. The molecule has 0 radical (unpaired) electrons. The van der Waals surface area contributed by atoms with E-state index in [9.17, 15) is 9.59 Å². The van der Waals surface area contributed by atoms with Crippen molar-refractivity contribution in [1.82, 2.24) is 14.5 Å². The predicted octanol–water partition coefficient (Wildman–Crippen LogP) is 2.82. The van der Waals surface area contributed by atoms with Crippen molar-refractivity contribution in [3.63, 3.8) is 0 Å². The Morgan fingerprint density at radius 3 is 2.96 bits per heavy atom. The van der Waals surface area contributed by atoms with Crippen LogP contribution in [0.1, 0.15) is 23.8 Å². The Balaban J connectivity index is 1.65. The zero-order valence-corrected chi connectivity index (χ0v) is 13.9. The summed E-state index contributed by atoms with van der Waals surface area (Å²) >= 11 is 1.68. The van der Waals surface area contributed by atoms with E-state index in [4.69, 9.17) is 0 Å². The standard InChI is InChI=1S/C18H17N3O2S/c22-17-11-19-13-5-1-2-6-14(13)21(17)12-18(23)20-9-3-7-15(20)16-8-4-10-24-16/h1-2,4-6,8,10-11,15H,3,7,9,12H2/t15-/m1/s1. The molecule has 5 nitrogen and oxygen atoms in total. The number of carbonyl (C=O) groups is 1. The van der Waals surface area contributed by atoms with E-state index in [2.05, 4.69) is 11.1 Å².